The van der Waals surface area contributed by atoms with Crippen molar-refractivity contribution in [3.63, 3.8) is 0 Å². The second kappa shape index (κ2) is 6.71. The highest BCUT2D eigenvalue weighted by molar-refractivity contribution is 5.86. The van der Waals surface area contributed by atoms with E-state index in [1.807, 2.05) is 18.2 Å². The molecule has 1 heterocycles. The number of benzene rings is 2. The molecular weight excluding hydrogens is 296 g/mol. The highest BCUT2D eigenvalue weighted by atomic mass is 16.3. The summed E-state index contributed by atoms with van der Waals surface area (Å²) in [5, 5.41) is 16.2. The van der Waals surface area contributed by atoms with Crippen LogP contribution < -0.4 is 5.32 Å². The zero-order chi connectivity index (χ0) is 17.2. The molecule has 0 radical (unpaired) electrons. The number of rotatable bonds is 5. The summed E-state index contributed by atoms with van der Waals surface area (Å²) >= 11 is 0. The first-order valence-electron chi connectivity index (χ1n) is 8.35. The molecule has 2 N–H and O–H groups in total. The van der Waals surface area contributed by atoms with Crippen LogP contribution in [0.2, 0.25) is 0 Å². The summed E-state index contributed by atoms with van der Waals surface area (Å²) in [6, 6.07) is 20.8. The van der Waals surface area contributed by atoms with Crippen LogP contribution in [-0.4, -0.2) is 10.1 Å². The van der Waals surface area contributed by atoms with E-state index < -0.39 is 5.60 Å². The predicted molar refractivity (Wildman–Crippen MR) is 98.7 cm³/mol. The molecule has 1 aromatic heterocycles. The van der Waals surface area contributed by atoms with E-state index in [0.29, 0.717) is 12.2 Å². The number of aromatic nitrogens is 1. The van der Waals surface area contributed by atoms with Gasteiger partial charge in [-0.05, 0) is 49.2 Å². The number of fused-ring (bicyclic) bond motifs is 1. The minimum Gasteiger partial charge on any atom is -0.384 e. The minimum absolute atomic E-state index is 0.212. The van der Waals surface area contributed by atoms with Crippen molar-refractivity contribution in [1.82, 2.24) is 10.3 Å². The van der Waals surface area contributed by atoms with Gasteiger partial charge in [0.1, 0.15) is 5.60 Å². The smallest absolute Gasteiger partial charge is 0.101 e. The Morgan fingerprint density at radius 2 is 1.71 bits per heavy atom. The highest BCUT2D eigenvalue weighted by Crippen LogP contribution is 2.24. The number of hydrogen-bond donors (Lipinski definition) is 2. The lowest BCUT2D eigenvalue weighted by Gasteiger charge is -2.19. The summed E-state index contributed by atoms with van der Waals surface area (Å²) < 4.78 is 0. The van der Waals surface area contributed by atoms with E-state index in [1.54, 1.807) is 13.8 Å². The van der Waals surface area contributed by atoms with Gasteiger partial charge in [0, 0.05) is 12.6 Å². The van der Waals surface area contributed by atoms with E-state index in [4.69, 9.17) is 0 Å². The van der Waals surface area contributed by atoms with Crippen LogP contribution in [-0.2, 0) is 12.1 Å². The van der Waals surface area contributed by atoms with Gasteiger partial charge in [0.05, 0.1) is 11.4 Å². The van der Waals surface area contributed by atoms with Crippen LogP contribution in [0.25, 0.3) is 10.8 Å². The fourth-order valence-corrected chi connectivity index (χ4v) is 2.91. The van der Waals surface area contributed by atoms with Crippen LogP contribution in [0.15, 0.2) is 60.7 Å². The molecular formula is C21H24N2O. The molecule has 124 valence electrons. The number of nitrogens with zero attached hydrogens (tertiary/aromatic N) is 1. The van der Waals surface area contributed by atoms with Crippen LogP contribution in [0.4, 0.5) is 0 Å². The Labute approximate surface area is 143 Å². The monoisotopic (exact) mass is 320 g/mol. The second-order valence-electron chi connectivity index (χ2n) is 6.74. The van der Waals surface area contributed by atoms with Crippen molar-refractivity contribution in [1.29, 1.82) is 0 Å². The van der Waals surface area contributed by atoms with Crippen molar-refractivity contribution in [2.24, 2.45) is 0 Å². The van der Waals surface area contributed by atoms with Crippen LogP contribution in [0.5, 0.6) is 0 Å². The second-order valence-corrected chi connectivity index (χ2v) is 6.74. The van der Waals surface area contributed by atoms with Gasteiger partial charge in [-0.3, -0.25) is 4.98 Å². The average molecular weight is 320 g/mol. The fourth-order valence-electron chi connectivity index (χ4n) is 2.91. The molecule has 0 aliphatic heterocycles. The first-order chi connectivity index (χ1) is 11.4. The van der Waals surface area contributed by atoms with Crippen molar-refractivity contribution in [3.8, 4) is 0 Å². The summed E-state index contributed by atoms with van der Waals surface area (Å²) in [5.74, 6) is 0. The van der Waals surface area contributed by atoms with Gasteiger partial charge in [-0.15, -0.1) is 0 Å². The Morgan fingerprint density at radius 1 is 1.00 bits per heavy atom. The molecule has 3 heteroatoms. The Kier molecular flexibility index (Phi) is 4.65. The summed E-state index contributed by atoms with van der Waals surface area (Å²) in [4.78, 5) is 4.56. The molecule has 0 aliphatic rings. The molecule has 3 aromatic rings. The lowest BCUT2D eigenvalue weighted by molar-refractivity contribution is 0.0736. The van der Waals surface area contributed by atoms with Gasteiger partial charge in [0.15, 0.2) is 0 Å². The Hall–Kier alpha value is -2.23. The molecule has 0 bridgehead atoms. The summed E-state index contributed by atoms with van der Waals surface area (Å²) in [7, 11) is 0. The van der Waals surface area contributed by atoms with Crippen molar-refractivity contribution in [2.75, 3.05) is 0 Å². The zero-order valence-corrected chi connectivity index (χ0v) is 14.5. The number of aliphatic hydroxyl groups is 1. The molecule has 0 aliphatic carbocycles. The zero-order valence-electron chi connectivity index (χ0n) is 14.5. The molecule has 24 heavy (non-hydrogen) atoms. The maximum Gasteiger partial charge on any atom is 0.101 e. The van der Waals surface area contributed by atoms with E-state index in [9.17, 15) is 5.11 Å². The van der Waals surface area contributed by atoms with Crippen LogP contribution >= 0.6 is 0 Å². The van der Waals surface area contributed by atoms with E-state index in [-0.39, 0.29) is 6.04 Å². The highest BCUT2D eigenvalue weighted by Gasteiger charge is 2.17. The van der Waals surface area contributed by atoms with Gasteiger partial charge in [0.2, 0.25) is 0 Å². The normalized spacial score (nSPS) is 13.2. The fraction of sp³-hybridized carbons (Fsp3) is 0.286. The van der Waals surface area contributed by atoms with Gasteiger partial charge in [-0.1, -0.05) is 48.5 Å². The molecule has 0 saturated heterocycles. The molecule has 0 spiro atoms. The summed E-state index contributed by atoms with van der Waals surface area (Å²) in [5.41, 5.74) is 1.99. The van der Waals surface area contributed by atoms with Crippen molar-refractivity contribution < 1.29 is 5.11 Å². The van der Waals surface area contributed by atoms with Crippen LogP contribution in [0.1, 0.15) is 43.8 Å². The number of nitrogens with one attached hydrogen (secondary N) is 1. The van der Waals surface area contributed by atoms with Gasteiger partial charge < -0.3 is 10.4 Å². The van der Waals surface area contributed by atoms with Gasteiger partial charge in [0.25, 0.3) is 0 Å². The average Bonchev–Trinajstić information content (AvgIpc) is 2.58. The van der Waals surface area contributed by atoms with Gasteiger partial charge in [-0.25, -0.2) is 0 Å². The molecule has 0 fully saturated rings. The maximum atomic E-state index is 10.1. The van der Waals surface area contributed by atoms with Crippen molar-refractivity contribution in [3.05, 3.63) is 77.6 Å². The third-order valence-corrected chi connectivity index (χ3v) is 4.31. The molecule has 0 amide bonds. The Morgan fingerprint density at radius 3 is 2.50 bits per heavy atom. The summed E-state index contributed by atoms with van der Waals surface area (Å²) in [6.45, 7) is 6.34. The van der Waals surface area contributed by atoms with Crippen molar-refractivity contribution in [2.45, 2.75) is 39.0 Å². The molecule has 3 nitrogen and oxygen atoms in total. The first kappa shape index (κ1) is 16.6. The minimum atomic E-state index is -0.919. The van der Waals surface area contributed by atoms with E-state index in [2.05, 4.69) is 59.7 Å². The SMILES string of the molecule is C[C@@H](NCc1cccc(C(C)(C)O)n1)c1cccc2ccccc12. The lowest BCUT2D eigenvalue weighted by Crippen LogP contribution is -2.22. The summed E-state index contributed by atoms with van der Waals surface area (Å²) in [6.07, 6.45) is 0. The molecule has 1 atom stereocenters. The lowest BCUT2D eigenvalue weighted by atomic mass is 9.99. The Bertz CT molecular complexity index is 831. The quantitative estimate of drug-likeness (QED) is 0.736. The standard InChI is InChI=1S/C21H24N2O/c1-15(18-12-6-9-16-8-4-5-11-19(16)18)22-14-17-10-7-13-20(23-17)21(2,3)24/h4-13,15,22,24H,14H2,1-3H3/t15-/m1/s1. The topological polar surface area (TPSA) is 45.1 Å². The van der Waals surface area contributed by atoms with Crippen molar-refractivity contribution >= 4 is 10.8 Å². The van der Waals surface area contributed by atoms with Crippen LogP contribution in [0, 0.1) is 0 Å². The third-order valence-electron chi connectivity index (χ3n) is 4.31. The van der Waals surface area contributed by atoms with E-state index in [0.717, 1.165) is 5.69 Å². The molecule has 3 rings (SSSR count). The first-order valence-corrected chi connectivity index (χ1v) is 8.35. The van der Waals surface area contributed by atoms with Crippen LogP contribution in [0.3, 0.4) is 0 Å². The number of hydrogen-bond acceptors (Lipinski definition) is 3. The molecule has 0 saturated carbocycles. The molecule has 0 unspecified atom stereocenters. The van der Waals surface area contributed by atoms with E-state index >= 15 is 0 Å². The number of pyridine rings is 1. The largest absolute Gasteiger partial charge is 0.384 e. The van der Waals surface area contributed by atoms with E-state index in [1.165, 1.54) is 16.3 Å². The predicted octanol–water partition coefficient (Wildman–Crippen LogP) is 4.31. The maximum absolute atomic E-state index is 10.1. The third kappa shape index (κ3) is 3.64. The van der Waals surface area contributed by atoms with Gasteiger partial charge >= 0.3 is 0 Å². The van der Waals surface area contributed by atoms with Gasteiger partial charge in [-0.2, -0.15) is 0 Å². The molecule has 2 aromatic carbocycles. The Balaban J connectivity index is 1.77.